The summed E-state index contributed by atoms with van der Waals surface area (Å²) in [6.07, 6.45) is 8.62. The van der Waals surface area contributed by atoms with Crippen LogP contribution in [0.4, 0.5) is 5.69 Å². The lowest BCUT2D eigenvalue weighted by atomic mass is 10.1. The molecule has 1 aliphatic carbocycles. The van der Waals surface area contributed by atoms with E-state index in [1.165, 1.54) is 6.92 Å². The summed E-state index contributed by atoms with van der Waals surface area (Å²) in [7, 11) is 0. The van der Waals surface area contributed by atoms with Crippen LogP contribution in [0.3, 0.4) is 0 Å². The predicted molar refractivity (Wildman–Crippen MR) is 75.2 cm³/mol. The van der Waals surface area contributed by atoms with E-state index in [4.69, 9.17) is 0 Å². The molecule has 0 saturated heterocycles. The molecule has 4 heteroatoms. The van der Waals surface area contributed by atoms with Gasteiger partial charge < -0.3 is 0 Å². The second kappa shape index (κ2) is 5.93. The first-order valence-corrected chi connectivity index (χ1v) is 5.85. The Balaban J connectivity index is 2.11. The number of hydrogen-bond acceptors (Lipinski definition) is 3. The van der Waals surface area contributed by atoms with Gasteiger partial charge in [-0.15, -0.1) is 0 Å². The molecule has 1 aromatic rings. The second-order valence-electron chi connectivity index (χ2n) is 4.03. The number of anilines is 1. The molecular weight excluding hydrogens is 240 g/mol. The quantitative estimate of drug-likeness (QED) is 0.826. The lowest BCUT2D eigenvalue weighted by molar-refractivity contribution is -0.115. The van der Waals surface area contributed by atoms with Gasteiger partial charge in [0, 0.05) is 13.1 Å². The van der Waals surface area contributed by atoms with E-state index in [1.54, 1.807) is 42.6 Å². The number of aliphatic imine (C=N–C) groups is 1. The van der Waals surface area contributed by atoms with Gasteiger partial charge in [-0.1, -0.05) is 30.4 Å². The molecule has 0 unspecified atom stereocenters. The number of nitrogens with zero attached hydrogens (tertiary/aromatic N) is 2. The van der Waals surface area contributed by atoms with Gasteiger partial charge in [0.05, 0.1) is 11.4 Å². The lowest BCUT2D eigenvalue weighted by Crippen LogP contribution is -2.10. The van der Waals surface area contributed by atoms with Crippen LogP contribution in [0.1, 0.15) is 6.92 Å². The maximum absolute atomic E-state index is 10.8. The van der Waals surface area contributed by atoms with Crippen LogP contribution in [-0.2, 0) is 4.79 Å². The largest absolute Gasteiger partial charge is 0.284 e. The molecule has 19 heavy (non-hydrogen) atoms. The third-order valence-corrected chi connectivity index (χ3v) is 2.47. The summed E-state index contributed by atoms with van der Waals surface area (Å²) in [6.45, 7) is 1.41. The fourth-order valence-electron chi connectivity index (χ4n) is 1.61. The number of para-hydroxylation sites is 1. The molecular formula is C15H14N2O2. The highest BCUT2D eigenvalue weighted by Gasteiger charge is 2.02. The number of amides is 1. The molecule has 1 N–H and O–H groups in total. The number of carbonyl (C=O) groups excluding carboxylic acids is 1. The lowest BCUT2D eigenvalue weighted by Gasteiger charge is -2.13. The smallest absolute Gasteiger partial charge is 0.243 e. The van der Waals surface area contributed by atoms with E-state index in [1.807, 2.05) is 18.2 Å². The zero-order valence-corrected chi connectivity index (χ0v) is 10.5. The van der Waals surface area contributed by atoms with Crippen LogP contribution in [0.2, 0.25) is 0 Å². The van der Waals surface area contributed by atoms with Crippen LogP contribution in [0.25, 0.3) is 0 Å². The molecule has 0 aromatic heterocycles. The molecule has 0 saturated carbocycles. The third kappa shape index (κ3) is 3.76. The Labute approximate surface area is 111 Å². The van der Waals surface area contributed by atoms with Gasteiger partial charge in [-0.3, -0.25) is 10.0 Å². The SMILES string of the molecule is CC(=O)N=C1C=CC(=CN(O)c2ccccc2)C=C1. The average molecular weight is 254 g/mol. The van der Waals surface area contributed by atoms with Gasteiger partial charge in [0.15, 0.2) is 0 Å². The average Bonchev–Trinajstić information content (AvgIpc) is 2.41. The van der Waals surface area contributed by atoms with Gasteiger partial charge in [0.2, 0.25) is 5.91 Å². The van der Waals surface area contributed by atoms with E-state index in [-0.39, 0.29) is 5.91 Å². The Bertz CT molecular complexity index is 565. The second-order valence-corrected chi connectivity index (χ2v) is 4.03. The highest BCUT2D eigenvalue weighted by Crippen LogP contribution is 2.14. The molecule has 2 rings (SSSR count). The molecule has 96 valence electrons. The zero-order valence-electron chi connectivity index (χ0n) is 10.5. The molecule has 1 aliphatic rings. The summed E-state index contributed by atoms with van der Waals surface area (Å²) in [4.78, 5) is 14.6. The van der Waals surface area contributed by atoms with Crippen molar-refractivity contribution in [3.05, 3.63) is 66.4 Å². The molecule has 0 spiro atoms. The summed E-state index contributed by atoms with van der Waals surface area (Å²) in [5, 5.41) is 10.9. The Kier molecular flexibility index (Phi) is 4.05. The molecule has 1 aromatic carbocycles. The molecule has 0 fully saturated rings. The van der Waals surface area contributed by atoms with E-state index in [0.29, 0.717) is 11.4 Å². The maximum Gasteiger partial charge on any atom is 0.243 e. The number of allylic oxidation sites excluding steroid dienone is 5. The summed E-state index contributed by atoms with van der Waals surface area (Å²) in [5.74, 6) is -0.232. The van der Waals surface area contributed by atoms with Crippen LogP contribution in [0.5, 0.6) is 0 Å². The molecule has 0 radical (unpaired) electrons. The van der Waals surface area contributed by atoms with E-state index in [9.17, 15) is 10.0 Å². The van der Waals surface area contributed by atoms with Crippen molar-refractivity contribution in [1.82, 2.24) is 0 Å². The van der Waals surface area contributed by atoms with Crippen molar-refractivity contribution in [3.8, 4) is 0 Å². The van der Waals surface area contributed by atoms with Gasteiger partial charge >= 0.3 is 0 Å². The van der Waals surface area contributed by atoms with Crippen molar-refractivity contribution < 1.29 is 10.0 Å². The number of benzene rings is 1. The molecule has 0 atom stereocenters. The fourth-order valence-corrected chi connectivity index (χ4v) is 1.61. The Hall–Kier alpha value is -2.46. The Morgan fingerprint density at radius 1 is 1.16 bits per heavy atom. The normalized spacial score (nSPS) is 13.4. The summed E-state index contributed by atoms with van der Waals surface area (Å²) >= 11 is 0. The maximum atomic E-state index is 10.8. The van der Waals surface area contributed by atoms with Crippen molar-refractivity contribution in [1.29, 1.82) is 0 Å². The number of rotatable bonds is 2. The molecule has 0 aliphatic heterocycles. The fraction of sp³-hybridized carbons (Fsp3) is 0.0667. The summed E-state index contributed by atoms with van der Waals surface area (Å²) < 4.78 is 0. The minimum atomic E-state index is -0.232. The van der Waals surface area contributed by atoms with Crippen LogP contribution < -0.4 is 5.06 Å². The monoisotopic (exact) mass is 254 g/mol. The number of hydroxylamine groups is 1. The zero-order chi connectivity index (χ0) is 13.7. The van der Waals surface area contributed by atoms with Gasteiger partial charge in [-0.25, -0.2) is 10.1 Å². The van der Waals surface area contributed by atoms with Crippen LogP contribution in [-0.4, -0.2) is 16.8 Å². The summed E-state index contributed by atoms with van der Waals surface area (Å²) in [5.41, 5.74) is 2.10. The first-order chi connectivity index (χ1) is 9.15. The van der Waals surface area contributed by atoms with E-state index in [0.717, 1.165) is 10.6 Å². The standard InChI is InChI=1S/C15H14N2O2/c1-12(18)16-14-9-7-13(8-10-14)11-17(19)15-5-3-2-4-6-15/h2-11,19H,1H3. The van der Waals surface area contributed by atoms with Gasteiger partial charge in [0.25, 0.3) is 0 Å². The van der Waals surface area contributed by atoms with Crippen molar-refractivity contribution in [2.45, 2.75) is 6.92 Å². The number of hydrogen-bond donors (Lipinski definition) is 1. The van der Waals surface area contributed by atoms with E-state index >= 15 is 0 Å². The van der Waals surface area contributed by atoms with Crippen molar-refractivity contribution in [2.75, 3.05) is 5.06 Å². The topological polar surface area (TPSA) is 52.9 Å². The first-order valence-electron chi connectivity index (χ1n) is 5.85. The van der Waals surface area contributed by atoms with Crippen LogP contribution in [0, 0.1) is 0 Å². The Morgan fingerprint density at radius 2 is 1.79 bits per heavy atom. The van der Waals surface area contributed by atoms with E-state index in [2.05, 4.69) is 4.99 Å². The molecule has 0 heterocycles. The molecule has 4 nitrogen and oxygen atoms in total. The predicted octanol–water partition coefficient (Wildman–Crippen LogP) is 2.88. The van der Waals surface area contributed by atoms with Gasteiger partial charge in [-0.2, -0.15) is 0 Å². The highest BCUT2D eigenvalue weighted by atomic mass is 16.5. The first kappa shape index (κ1) is 13.0. The van der Waals surface area contributed by atoms with Crippen molar-refractivity contribution >= 4 is 17.3 Å². The van der Waals surface area contributed by atoms with Crippen molar-refractivity contribution in [3.63, 3.8) is 0 Å². The molecule has 0 bridgehead atoms. The number of carbonyl (C=O) groups is 1. The summed E-state index contributed by atoms with van der Waals surface area (Å²) in [6, 6.07) is 9.18. The van der Waals surface area contributed by atoms with Crippen LogP contribution in [0.15, 0.2) is 71.4 Å². The third-order valence-electron chi connectivity index (χ3n) is 2.47. The van der Waals surface area contributed by atoms with Crippen LogP contribution >= 0.6 is 0 Å². The minimum Gasteiger partial charge on any atom is -0.284 e. The Morgan fingerprint density at radius 3 is 2.37 bits per heavy atom. The molecule has 1 amide bonds. The van der Waals surface area contributed by atoms with E-state index < -0.39 is 0 Å². The van der Waals surface area contributed by atoms with Crippen molar-refractivity contribution in [2.24, 2.45) is 4.99 Å². The van der Waals surface area contributed by atoms with Gasteiger partial charge in [-0.05, 0) is 29.9 Å². The van der Waals surface area contributed by atoms with Gasteiger partial charge in [0.1, 0.15) is 0 Å². The minimum absolute atomic E-state index is 0.232. The highest BCUT2D eigenvalue weighted by molar-refractivity contribution is 6.10.